The van der Waals surface area contributed by atoms with Gasteiger partial charge in [0.1, 0.15) is 0 Å². The predicted octanol–water partition coefficient (Wildman–Crippen LogP) is 5.08. The molecule has 0 bridgehead atoms. The first-order valence-electron chi connectivity index (χ1n) is 10.2. The van der Waals surface area contributed by atoms with Crippen LogP contribution in [0.4, 0.5) is 17.1 Å². The summed E-state index contributed by atoms with van der Waals surface area (Å²) in [5, 5.41) is 21.3. The largest absolute Gasteiger partial charge is 0.321 e. The number of carbonyl (C=O) groups is 2. The summed E-state index contributed by atoms with van der Waals surface area (Å²) in [5.41, 5.74) is 1.46. The van der Waals surface area contributed by atoms with Gasteiger partial charge >= 0.3 is 0 Å². The molecule has 0 aliphatic carbocycles. The molecule has 0 saturated heterocycles. The van der Waals surface area contributed by atoms with Gasteiger partial charge in [-0.1, -0.05) is 23.7 Å². The van der Waals surface area contributed by atoms with E-state index in [-0.39, 0.29) is 33.6 Å². The van der Waals surface area contributed by atoms with Crippen molar-refractivity contribution in [2.24, 2.45) is 0 Å². The van der Waals surface area contributed by atoms with E-state index in [0.717, 1.165) is 11.5 Å². The van der Waals surface area contributed by atoms with E-state index in [9.17, 15) is 19.7 Å². The molecule has 2 heterocycles. The Morgan fingerprint density at radius 2 is 1.76 bits per heavy atom. The van der Waals surface area contributed by atoms with Gasteiger partial charge in [0.2, 0.25) is 0 Å². The number of hydrogen-bond acceptors (Lipinski definition) is 6. The monoisotopic (exact) mass is 478 g/mol. The minimum Gasteiger partial charge on any atom is -0.321 e. The molecule has 2 aromatic carbocycles. The molecule has 0 spiro atoms. The van der Waals surface area contributed by atoms with Gasteiger partial charge in [0.05, 0.1) is 44.8 Å². The van der Waals surface area contributed by atoms with Crippen LogP contribution in [0.25, 0.3) is 11.0 Å². The number of carbonyl (C=O) groups excluding carboxylic acids is 2. The van der Waals surface area contributed by atoms with E-state index < -0.39 is 16.7 Å². The molecule has 4 rings (SSSR count). The van der Waals surface area contributed by atoms with Crippen LogP contribution in [0.3, 0.4) is 0 Å². The highest BCUT2D eigenvalue weighted by atomic mass is 35.5. The summed E-state index contributed by atoms with van der Waals surface area (Å²) in [5.74, 6) is -1.06. The summed E-state index contributed by atoms with van der Waals surface area (Å²) in [6.07, 6.45) is 3.22. The Morgan fingerprint density at radius 3 is 2.47 bits per heavy atom. The van der Waals surface area contributed by atoms with Gasteiger partial charge < -0.3 is 10.6 Å². The number of para-hydroxylation sites is 1. The lowest BCUT2D eigenvalue weighted by molar-refractivity contribution is -0.384. The smallest absolute Gasteiger partial charge is 0.270 e. The lowest BCUT2D eigenvalue weighted by Crippen LogP contribution is -2.18. The molecule has 4 aromatic rings. The Balaban J connectivity index is 1.55. The molecule has 0 fully saturated rings. The Bertz CT molecular complexity index is 1430. The zero-order chi connectivity index (χ0) is 24.4. The van der Waals surface area contributed by atoms with Crippen LogP contribution in [0.2, 0.25) is 5.02 Å². The van der Waals surface area contributed by atoms with E-state index in [0.29, 0.717) is 11.3 Å². The number of fused-ring (bicyclic) bond motifs is 1. The number of nitrogens with one attached hydrogen (secondary N) is 2. The van der Waals surface area contributed by atoms with Crippen molar-refractivity contribution in [1.29, 1.82) is 0 Å². The molecule has 2 aromatic heterocycles. The number of nitro benzene ring substituents is 1. The van der Waals surface area contributed by atoms with E-state index >= 15 is 0 Å². The minimum atomic E-state index is -0.607. The fourth-order valence-corrected chi connectivity index (χ4v) is 3.63. The topological polar surface area (TPSA) is 132 Å². The van der Waals surface area contributed by atoms with Crippen molar-refractivity contribution >= 4 is 51.5 Å². The van der Waals surface area contributed by atoms with Crippen LogP contribution in [-0.4, -0.2) is 31.5 Å². The van der Waals surface area contributed by atoms with Crippen LogP contribution in [-0.2, 0) is 0 Å². The van der Waals surface area contributed by atoms with E-state index in [1.54, 1.807) is 47.4 Å². The number of halogens is 1. The predicted molar refractivity (Wildman–Crippen MR) is 128 cm³/mol. The first-order valence-corrected chi connectivity index (χ1v) is 10.6. The van der Waals surface area contributed by atoms with E-state index in [4.69, 9.17) is 11.6 Å². The van der Waals surface area contributed by atoms with Crippen LogP contribution in [0.15, 0.2) is 60.9 Å². The summed E-state index contributed by atoms with van der Waals surface area (Å²) in [6.45, 7) is 4.00. The number of rotatable bonds is 6. The second-order valence-corrected chi connectivity index (χ2v) is 8.10. The normalized spacial score (nSPS) is 10.9. The number of non-ortho nitro benzene ring substituents is 1. The Morgan fingerprint density at radius 1 is 1.03 bits per heavy atom. The van der Waals surface area contributed by atoms with Gasteiger partial charge in [0.15, 0.2) is 5.65 Å². The van der Waals surface area contributed by atoms with Crippen molar-refractivity contribution in [2.75, 3.05) is 10.6 Å². The number of pyridine rings is 1. The highest BCUT2D eigenvalue weighted by Gasteiger charge is 2.18. The summed E-state index contributed by atoms with van der Waals surface area (Å²) < 4.78 is 1.79. The quantitative estimate of drug-likeness (QED) is 0.293. The maximum Gasteiger partial charge on any atom is 0.270 e. The fraction of sp³-hybridized carbons (Fsp3) is 0.130. The fourth-order valence-electron chi connectivity index (χ4n) is 3.37. The third-order valence-corrected chi connectivity index (χ3v) is 5.32. The molecular weight excluding hydrogens is 460 g/mol. The average Bonchev–Trinajstić information content (AvgIpc) is 3.22. The molecule has 34 heavy (non-hydrogen) atoms. The Kier molecular flexibility index (Phi) is 6.24. The van der Waals surface area contributed by atoms with Gasteiger partial charge in [-0.15, -0.1) is 0 Å². The summed E-state index contributed by atoms with van der Waals surface area (Å²) in [4.78, 5) is 40.4. The Labute approximate surface area is 198 Å². The van der Waals surface area contributed by atoms with Gasteiger partial charge in [-0.05, 0) is 38.1 Å². The number of anilines is 2. The molecule has 0 radical (unpaired) electrons. The maximum atomic E-state index is 13.0. The number of hydrogen-bond donors (Lipinski definition) is 2. The first kappa shape index (κ1) is 22.9. The van der Waals surface area contributed by atoms with Crippen LogP contribution < -0.4 is 10.6 Å². The highest BCUT2D eigenvalue weighted by molar-refractivity contribution is 6.34. The average molecular weight is 479 g/mol. The third kappa shape index (κ3) is 4.57. The first-order chi connectivity index (χ1) is 16.2. The van der Waals surface area contributed by atoms with Crippen molar-refractivity contribution in [3.63, 3.8) is 0 Å². The van der Waals surface area contributed by atoms with Gasteiger partial charge in [-0.3, -0.25) is 19.7 Å². The van der Waals surface area contributed by atoms with Gasteiger partial charge in [0.25, 0.3) is 17.5 Å². The van der Waals surface area contributed by atoms with E-state index in [2.05, 4.69) is 20.7 Å². The van der Waals surface area contributed by atoms with Gasteiger partial charge in [-0.2, -0.15) is 5.10 Å². The molecule has 2 N–H and O–H groups in total. The van der Waals surface area contributed by atoms with E-state index in [1.807, 2.05) is 13.8 Å². The van der Waals surface area contributed by atoms with Crippen LogP contribution in [0.1, 0.15) is 40.6 Å². The molecule has 0 aliphatic rings. The summed E-state index contributed by atoms with van der Waals surface area (Å²) in [6, 6.07) is 11.9. The molecular formula is C23H19ClN6O4. The second kappa shape index (κ2) is 9.28. The van der Waals surface area contributed by atoms with E-state index in [1.165, 1.54) is 12.1 Å². The van der Waals surface area contributed by atoms with Crippen molar-refractivity contribution in [3.05, 3.63) is 87.2 Å². The lowest BCUT2D eigenvalue weighted by atomic mass is 10.1. The number of amides is 2. The molecule has 2 amide bonds. The number of aromatic nitrogens is 3. The van der Waals surface area contributed by atoms with Crippen molar-refractivity contribution in [2.45, 2.75) is 19.9 Å². The number of nitrogens with zero attached hydrogens (tertiary/aromatic N) is 4. The molecule has 0 atom stereocenters. The molecule has 0 saturated carbocycles. The van der Waals surface area contributed by atoms with Crippen molar-refractivity contribution < 1.29 is 14.5 Å². The molecule has 0 unspecified atom stereocenters. The zero-order valence-electron chi connectivity index (χ0n) is 18.2. The molecule has 10 nitrogen and oxygen atoms in total. The molecule has 11 heteroatoms. The number of nitro groups is 1. The molecule has 0 aliphatic heterocycles. The van der Waals surface area contributed by atoms with Crippen LogP contribution in [0, 0.1) is 10.1 Å². The van der Waals surface area contributed by atoms with Crippen molar-refractivity contribution in [3.8, 4) is 0 Å². The van der Waals surface area contributed by atoms with Crippen molar-refractivity contribution in [1.82, 2.24) is 14.8 Å². The number of benzene rings is 2. The van der Waals surface area contributed by atoms with Gasteiger partial charge in [0, 0.05) is 23.6 Å². The SMILES string of the molecule is CC(C)n1ncc2cc(NC(=O)c3ccccc3NC(=O)c3ccc([N+](=O)[O-])cc3Cl)cnc21. The Hall–Kier alpha value is -4.31. The summed E-state index contributed by atoms with van der Waals surface area (Å²) in [7, 11) is 0. The standard InChI is InChI=1S/C23H19ClN6O4/c1-13(2)29-21-14(11-26-29)9-15(12-25-21)27-23(32)18-5-3-4-6-20(18)28-22(31)17-8-7-16(30(33)34)10-19(17)24/h3-13H,1-2H3,(H,27,32)(H,28,31). The van der Waals surface area contributed by atoms with Crippen LogP contribution >= 0.6 is 11.6 Å². The maximum absolute atomic E-state index is 13.0. The minimum absolute atomic E-state index is 0.0410. The molecule has 172 valence electrons. The lowest BCUT2D eigenvalue weighted by Gasteiger charge is -2.12. The van der Waals surface area contributed by atoms with Gasteiger partial charge in [-0.25, -0.2) is 9.67 Å². The second-order valence-electron chi connectivity index (χ2n) is 7.69. The third-order valence-electron chi connectivity index (χ3n) is 5.01. The highest BCUT2D eigenvalue weighted by Crippen LogP contribution is 2.25. The summed E-state index contributed by atoms with van der Waals surface area (Å²) >= 11 is 6.05. The zero-order valence-corrected chi connectivity index (χ0v) is 18.9. The van der Waals surface area contributed by atoms with Crippen LogP contribution in [0.5, 0.6) is 0 Å².